The predicted molar refractivity (Wildman–Crippen MR) is 119 cm³/mol. The van der Waals surface area contributed by atoms with Crippen LogP contribution in [0, 0.1) is 19.7 Å². The van der Waals surface area contributed by atoms with E-state index in [1.807, 2.05) is 48.0 Å². The van der Waals surface area contributed by atoms with Gasteiger partial charge in [-0.25, -0.2) is 4.39 Å². The Balaban J connectivity index is 1.80. The summed E-state index contributed by atoms with van der Waals surface area (Å²) < 4.78 is 16.1. The van der Waals surface area contributed by atoms with Crippen LogP contribution in [0.2, 0.25) is 0 Å². The predicted octanol–water partition coefficient (Wildman–Crippen LogP) is 4.80. The first-order valence-corrected chi connectivity index (χ1v) is 10.6. The average molecular weight is 421 g/mol. The number of carbonyl (C=O) groups is 1. The second kappa shape index (κ2) is 8.24. The molecular formula is C24H21FN2O2S. The lowest BCUT2D eigenvalue weighted by Crippen LogP contribution is -2.30. The second-order valence-corrected chi connectivity index (χ2v) is 8.10. The van der Waals surface area contributed by atoms with Crippen LogP contribution >= 0.6 is 11.3 Å². The molecule has 0 fully saturated rings. The van der Waals surface area contributed by atoms with Crippen LogP contribution < -0.4 is 10.9 Å². The highest BCUT2D eigenvalue weighted by atomic mass is 32.1. The van der Waals surface area contributed by atoms with E-state index in [2.05, 4.69) is 5.32 Å². The molecule has 0 spiro atoms. The van der Waals surface area contributed by atoms with Gasteiger partial charge in [-0.15, -0.1) is 0 Å². The molecule has 0 aliphatic rings. The molecule has 1 N–H and O–H groups in total. The van der Waals surface area contributed by atoms with Gasteiger partial charge in [0.25, 0.3) is 11.5 Å². The fourth-order valence-electron chi connectivity index (χ4n) is 3.70. The average Bonchev–Trinajstić information content (AvgIpc) is 3.23. The molecule has 0 aliphatic carbocycles. The number of nitrogens with one attached hydrogen (secondary N) is 1. The highest BCUT2D eigenvalue weighted by molar-refractivity contribution is 7.07. The van der Waals surface area contributed by atoms with Gasteiger partial charge >= 0.3 is 0 Å². The van der Waals surface area contributed by atoms with Gasteiger partial charge in [0.2, 0.25) is 0 Å². The van der Waals surface area contributed by atoms with E-state index in [1.165, 1.54) is 28.0 Å². The molecule has 4 aromatic rings. The van der Waals surface area contributed by atoms with E-state index in [4.69, 9.17) is 0 Å². The molecule has 0 radical (unpaired) electrons. The number of fused-ring (bicyclic) bond motifs is 1. The Morgan fingerprint density at radius 2 is 1.90 bits per heavy atom. The van der Waals surface area contributed by atoms with Crippen molar-refractivity contribution < 1.29 is 9.18 Å². The monoisotopic (exact) mass is 420 g/mol. The molecule has 152 valence electrons. The van der Waals surface area contributed by atoms with Gasteiger partial charge in [0, 0.05) is 17.6 Å². The van der Waals surface area contributed by atoms with E-state index in [0.29, 0.717) is 23.2 Å². The number of rotatable bonds is 5. The third kappa shape index (κ3) is 3.78. The van der Waals surface area contributed by atoms with Crippen molar-refractivity contribution in [3.8, 4) is 0 Å². The molecule has 30 heavy (non-hydrogen) atoms. The zero-order chi connectivity index (χ0) is 21.3. The smallest absolute Gasteiger partial charge is 0.261 e. The third-order valence-corrected chi connectivity index (χ3v) is 5.92. The maximum atomic E-state index is 14.6. The molecule has 0 saturated carbocycles. The van der Waals surface area contributed by atoms with Crippen LogP contribution in [0.3, 0.4) is 0 Å². The van der Waals surface area contributed by atoms with Crippen LogP contribution in [-0.2, 0) is 13.1 Å². The second-order valence-electron chi connectivity index (χ2n) is 7.32. The minimum absolute atomic E-state index is 0.0564. The van der Waals surface area contributed by atoms with E-state index in [9.17, 15) is 14.0 Å². The van der Waals surface area contributed by atoms with Gasteiger partial charge in [0.05, 0.1) is 17.5 Å². The van der Waals surface area contributed by atoms with Crippen molar-refractivity contribution in [3.63, 3.8) is 0 Å². The SMILES string of the molecule is Cc1cccc(CNC(=O)c2c(C)n(Cc3ccsc3)c(=O)c3c(F)cccc23)c1. The van der Waals surface area contributed by atoms with E-state index in [1.54, 1.807) is 13.0 Å². The van der Waals surface area contributed by atoms with Crippen LogP contribution in [0.25, 0.3) is 10.8 Å². The van der Waals surface area contributed by atoms with E-state index in [0.717, 1.165) is 16.7 Å². The Labute approximate surface area is 177 Å². The number of hydrogen-bond donors (Lipinski definition) is 1. The normalized spacial score (nSPS) is 11.0. The number of carbonyl (C=O) groups excluding carboxylic acids is 1. The van der Waals surface area contributed by atoms with Gasteiger partial charge < -0.3 is 9.88 Å². The summed E-state index contributed by atoms with van der Waals surface area (Å²) in [6, 6.07) is 14.2. The van der Waals surface area contributed by atoms with Gasteiger partial charge in [0.15, 0.2) is 0 Å². The summed E-state index contributed by atoms with van der Waals surface area (Å²) in [6.45, 7) is 4.36. The van der Waals surface area contributed by atoms with E-state index in [-0.39, 0.29) is 17.8 Å². The zero-order valence-corrected chi connectivity index (χ0v) is 17.6. The summed E-state index contributed by atoms with van der Waals surface area (Å²) in [5.74, 6) is -0.951. The van der Waals surface area contributed by atoms with Crippen LogP contribution in [-0.4, -0.2) is 10.5 Å². The lowest BCUT2D eigenvalue weighted by atomic mass is 10.0. The minimum Gasteiger partial charge on any atom is -0.348 e. The number of aryl methyl sites for hydroxylation is 1. The molecule has 0 atom stereocenters. The van der Waals surface area contributed by atoms with Crippen LogP contribution in [0.1, 0.15) is 32.7 Å². The quantitative estimate of drug-likeness (QED) is 0.504. The first-order valence-electron chi connectivity index (χ1n) is 9.62. The molecule has 2 aromatic heterocycles. The highest BCUT2D eigenvalue weighted by Gasteiger charge is 2.21. The summed E-state index contributed by atoms with van der Waals surface area (Å²) in [5.41, 5.74) is 3.44. The summed E-state index contributed by atoms with van der Waals surface area (Å²) in [6.07, 6.45) is 0. The lowest BCUT2D eigenvalue weighted by Gasteiger charge is -2.17. The standard InChI is InChI=1S/C24H21FN2O2S/c1-15-5-3-6-17(11-15)12-26-23(28)21-16(2)27(13-18-9-10-30-14-18)24(29)22-19(21)7-4-8-20(22)25/h3-11,14H,12-13H2,1-2H3,(H,26,28). The maximum absolute atomic E-state index is 14.6. The molecule has 0 saturated heterocycles. The number of halogens is 1. The Morgan fingerprint density at radius 1 is 1.10 bits per heavy atom. The van der Waals surface area contributed by atoms with Crippen molar-refractivity contribution in [1.82, 2.24) is 9.88 Å². The minimum atomic E-state index is -0.621. The molecule has 2 heterocycles. The topological polar surface area (TPSA) is 51.1 Å². The summed E-state index contributed by atoms with van der Waals surface area (Å²) in [5, 5.41) is 7.07. The summed E-state index contributed by atoms with van der Waals surface area (Å²) in [7, 11) is 0. The number of amides is 1. The molecule has 0 unspecified atom stereocenters. The maximum Gasteiger partial charge on any atom is 0.261 e. The van der Waals surface area contributed by atoms with Crippen LogP contribution in [0.15, 0.2) is 64.1 Å². The first kappa shape index (κ1) is 20.0. The number of nitrogens with zero attached hydrogens (tertiary/aromatic N) is 1. The number of benzene rings is 2. The first-order chi connectivity index (χ1) is 14.5. The van der Waals surface area contributed by atoms with Crippen LogP contribution in [0.5, 0.6) is 0 Å². The third-order valence-electron chi connectivity index (χ3n) is 5.19. The Bertz CT molecular complexity index is 1290. The molecule has 6 heteroatoms. The number of aromatic nitrogens is 1. The van der Waals surface area contributed by atoms with E-state index >= 15 is 0 Å². The van der Waals surface area contributed by atoms with Crippen molar-refractivity contribution in [2.75, 3.05) is 0 Å². The van der Waals surface area contributed by atoms with Crippen molar-refractivity contribution in [1.29, 1.82) is 0 Å². The Kier molecular flexibility index (Phi) is 5.50. The van der Waals surface area contributed by atoms with Gasteiger partial charge in [0.1, 0.15) is 5.82 Å². The molecule has 4 rings (SSSR count). The van der Waals surface area contributed by atoms with E-state index < -0.39 is 11.4 Å². The molecule has 2 aromatic carbocycles. The van der Waals surface area contributed by atoms with Gasteiger partial charge in [-0.05, 0) is 47.9 Å². The fourth-order valence-corrected chi connectivity index (χ4v) is 4.36. The molecule has 1 amide bonds. The Hall–Kier alpha value is -3.25. The number of hydrogen-bond acceptors (Lipinski definition) is 3. The summed E-state index contributed by atoms with van der Waals surface area (Å²) >= 11 is 1.53. The van der Waals surface area contributed by atoms with Gasteiger partial charge in [-0.1, -0.05) is 42.0 Å². The molecule has 4 nitrogen and oxygen atoms in total. The fraction of sp³-hybridized carbons (Fsp3) is 0.167. The summed E-state index contributed by atoms with van der Waals surface area (Å²) in [4.78, 5) is 26.3. The van der Waals surface area contributed by atoms with Crippen molar-refractivity contribution in [3.05, 3.63) is 103 Å². The van der Waals surface area contributed by atoms with Crippen molar-refractivity contribution in [2.45, 2.75) is 26.9 Å². The van der Waals surface area contributed by atoms with Gasteiger partial charge in [-0.3, -0.25) is 9.59 Å². The number of thiophene rings is 1. The zero-order valence-electron chi connectivity index (χ0n) is 16.7. The molecule has 0 bridgehead atoms. The molecule has 0 aliphatic heterocycles. The van der Waals surface area contributed by atoms with Gasteiger partial charge in [-0.2, -0.15) is 11.3 Å². The largest absolute Gasteiger partial charge is 0.348 e. The lowest BCUT2D eigenvalue weighted by molar-refractivity contribution is 0.0951. The van der Waals surface area contributed by atoms with Crippen molar-refractivity contribution in [2.24, 2.45) is 0 Å². The Morgan fingerprint density at radius 3 is 2.63 bits per heavy atom. The molecular weight excluding hydrogens is 399 g/mol. The number of pyridine rings is 1. The highest BCUT2D eigenvalue weighted by Crippen LogP contribution is 2.23. The van der Waals surface area contributed by atoms with Crippen molar-refractivity contribution >= 4 is 28.0 Å². The van der Waals surface area contributed by atoms with Crippen LogP contribution in [0.4, 0.5) is 4.39 Å².